The molecule has 1 fully saturated rings. The maximum atomic E-state index is 13.5. The second kappa shape index (κ2) is 8.57. The summed E-state index contributed by atoms with van der Waals surface area (Å²) in [6.45, 7) is 9.10. The molecule has 8 heteroatoms. The van der Waals surface area contributed by atoms with Gasteiger partial charge in [-0.1, -0.05) is 0 Å². The lowest BCUT2D eigenvalue weighted by atomic mass is 10.1. The number of pyridine rings is 1. The zero-order valence-corrected chi connectivity index (χ0v) is 20.2. The van der Waals surface area contributed by atoms with Gasteiger partial charge in [0.2, 0.25) is 0 Å². The number of ether oxygens (including phenoxy) is 1. The van der Waals surface area contributed by atoms with Gasteiger partial charge in [-0.05, 0) is 82.6 Å². The van der Waals surface area contributed by atoms with Crippen LogP contribution in [0.1, 0.15) is 32.3 Å². The number of rotatable bonds is 4. The van der Waals surface area contributed by atoms with Gasteiger partial charge in [0.25, 0.3) is 0 Å². The van der Waals surface area contributed by atoms with Gasteiger partial charge in [0.1, 0.15) is 23.9 Å². The summed E-state index contributed by atoms with van der Waals surface area (Å²) in [5.74, 6) is 1.38. The Morgan fingerprint density at radius 3 is 2.58 bits per heavy atom. The van der Waals surface area contributed by atoms with E-state index in [9.17, 15) is 8.42 Å². The maximum Gasteiger partial charge on any atom is 0.181 e. The van der Waals surface area contributed by atoms with Crippen molar-refractivity contribution in [1.29, 1.82) is 0 Å². The fraction of sp³-hybridized carbons (Fsp3) is 0.440. The smallest absolute Gasteiger partial charge is 0.181 e. The van der Waals surface area contributed by atoms with E-state index in [2.05, 4.69) is 23.7 Å². The molecular weight excluding hydrogens is 436 g/mol. The quantitative estimate of drug-likeness (QED) is 0.579. The van der Waals surface area contributed by atoms with Gasteiger partial charge in [-0.3, -0.25) is 4.98 Å². The van der Waals surface area contributed by atoms with Crippen LogP contribution in [0.3, 0.4) is 0 Å². The first kappa shape index (κ1) is 22.1. The van der Waals surface area contributed by atoms with E-state index in [-0.39, 0.29) is 5.25 Å². The van der Waals surface area contributed by atoms with Crippen LogP contribution in [-0.2, 0) is 16.4 Å². The number of fused-ring (bicyclic) bond motifs is 3. The van der Waals surface area contributed by atoms with Crippen LogP contribution in [0.4, 0.5) is 0 Å². The molecule has 0 spiro atoms. The highest BCUT2D eigenvalue weighted by molar-refractivity contribution is 7.92. The Hall–Kier alpha value is -2.71. The molecule has 0 radical (unpaired) electrons. The number of hydrogen-bond acceptors (Lipinski definition) is 6. The van der Waals surface area contributed by atoms with Crippen LogP contribution in [0.2, 0.25) is 0 Å². The third kappa shape index (κ3) is 4.17. The fourth-order valence-electron chi connectivity index (χ4n) is 4.74. The topological polar surface area (TPSA) is 77.3 Å². The number of piperidine rings is 1. The summed E-state index contributed by atoms with van der Waals surface area (Å²) in [5, 5.41) is -0.357. The van der Waals surface area contributed by atoms with Gasteiger partial charge in [0.15, 0.2) is 9.84 Å². The summed E-state index contributed by atoms with van der Waals surface area (Å²) in [7, 11) is -3.44. The molecule has 1 saturated heterocycles. The molecule has 2 aliphatic heterocycles. The minimum absolute atomic E-state index is 0.347. The van der Waals surface area contributed by atoms with Crippen LogP contribution in [0.25, 0.3) is 22.8 Å². The monoisotopic (exact) mass is 466 g/mol. The molecule has 0 amide bonds. The predicted octanol–water partition coefficient (Wildman–Crippen LogP) is 3.96. The molecular formula is C25H30N4O3S. The van der Waals surface area contributed by atoms with E-state index in [0.29, 0.717) is 54.1 Å². The number of nitrogens with zero attached hydrogens (tertiary/aromatic N) is 4. The molecule has 4 heterocycles. The van der Waals surface area contributed by atoms with Crippen molar-refractivity contribution in [2.24, 2.45) is 0 Å². The Morgan fingerprint density at radius 1 is 1.06 bits per heavy atom. The molecule has 2 aromatic heterocycles. The van der Waals surface area contributed by atoms with Gasteiger partial charge in [-0.15, -0.1) is 0 Å². The predicted molar refractivity (Wildman–Crippen MR) is 128 cm³/mol. The SMILES string of the molecule is Cc1ccnc(-c2cn3c(n2)-c2cc(S(=O)(=O)C4CCN(C(C)C)CC4)ccc2OCC3)c1. The van der Waals surface area contributed by atoms with Crippen molar-refractivity contribution in [3.63, 3.8) is 0 Å². The standard InChI is InChI=1S/C25H30N4O3S/c1-17(2)28-10-7-19(8-11-28)33(30,31)20-4-5-24-21(15-20)25-27-23(16-29(25)12-13-32-24)22-14-18(3)6-9-26-22/h4-6,9,14-17,19H,7-8,10-13H2,1-3H3. The van der Waals surface area contributed by atoms with Crippen LogP contribution in [-0.4, -0.2) is 58.8 Å². The number of aryl methyl sites for hydroxylation is 1. The molecule has 33 heavy (non-hydrogen) atoms. The van der Waals surface area contributed by atoms with E-state index in [4.69, 9.17) is 9.72 Å². The van der Waals surface area contributed by atoms with Gasteiger partial charge in [0.05, 0.1) is 27.9 Å². The molecule has 0 N–H and O–H groups in total. The number of sulfone groups is 1. The lowest BCUT2D eigenvalue weighted by Crippen LogP contribution is -2.42. The molecule has 7 nitrogen and oxygen atoms in total. The molecule has 1 aromatic carbocycles. The van der Waals surface area contributed by atoms with Gasteiger partial charge in [-0.25, -0.2) is 13.4 Å². The Labute approximate surface area is 195 Å². The van der Waals surface area contributed by atoms with E-state index in [1.165, 1.54) is 0 Å². The minimum atomic E-state index is -3.44. The molecule has 0 saturated carbocycles. The summed E-state index contributed by atoms with van der Waals surface area (Å²) in [6, 6.07) is 9.61. The molecule has 174 valence electrons. The zero-order valence-electron chi connectivity index (χ0n) is 19.4. The van der Waals surface area contributed by atoms with Gasteiger partial charge in [-0.2, -0.15) is 0 Å². The highest BCUT2D eigenvalue weighted by Crippen LogP contribution is 2.37. The summed E-state index contributed by atoms with van der Waals surface area (Å²) < 4.78 is 35.0. The number of aromatic nitrogens is 3. The molecule has 0 bridgehead atoms. The van der Waals surface area contributed by atoms with Crippen LogP contribution < -0.4 is 4.74 Å². The van der Waals surface area contributed by atoms with Gasteiger partial charge in [0, 0.05) is 18.4 Å². The summed E-state index contributed by atoms with van der Waals surface area (Å²) >= 11 is 0. The normalized spacial score (nSPS) is 17.3. The third-order valence-electron chi connectivity index (χ3n) is 6.71. The van der Waals surface area contributed by atoms with E-state index >= 15 is 0 Å². The number of benzene rings is 1. The van der Waals surface area contributed by atoms with E-state index in [1.807, 2.05) is 29.8 Å². The summed E-state index contributed by atoms with van der Waals surface area (Å²) in [4.78, 5) is 12.0. The number of likely N-dealkylation sites (tertiary alicyclic amines) is 1. The van der Waals surface area contributed by atoms with Crippen molar-refractivity contribution in [1.82, 2.24) is 19.4 Å². The maximum absolute atomic E-state index is 13.5. The minimum Gasteiger partial charge on any atom is -0.491 e. The summed E-state index contributed by atoms with van der Waals surface area (Å²) in [5.41, 5.74) is 3.41. The second-order valence-electron chi connectivity index (χ2n) is 9.24. The van der Waals surface area contributed by atoms with Crippen LogP contribution in [0.15, 0.2) is 47.6 Å². The first-order valence-electron chi connectivity index (χ1n) is 11.6. The van der Waals surface area contributed by atoms with Crippen molar-refractivity contribution < 1.29 is 13.2 Å². The van der Waals surface area contributed by atoms with Crippen molar-refractivity contribution in [3.8, 4) is 28.5 Å². The molecule has 0 aliphatic carbocycles. The molecule has 0 atom stereocenters. The van der Waals surface area contributed by atoms with E-state index in [1.54, 1.807) is 24.4 Å². The van der Waals surface area contributed by atoms with Gasteiger partial charge < -0.3 is 14.2 Å². The van der Waals surface area contributed by atoms with Gasteiger partial charge >= 0.3 is 0 Å². The Bertz CT molecular complexity index is 1270. The largest absolute Gasteiger partial charge is 0.491 e. The lowest BCUT2D eigenvalue weighted by Gasteiger charge is -2.34. The Kier molecular flexibility index (Phi) is 5.74. The zero-order chi connectivity index (χ0) is 23.2. The van der Waals surface area contributed by atoms with Crippen LogP contribution in [0.5, 0.6) is 5.75 Å². The average molecular weight is 467 g/mol. The van der Waals surface area contributed by atoms with Crippen molar-refractivity contribution in [2.45, 2.75) is 56.3 Å². The second-order valence-corrected chi connectivity index (χ2v) is 11.5. The molecule has 5 rings (SSSR count). The van der Waals surface area contributed by atoms with Crippen LogP contribution >= 0.6 is 0 Å². The molecule has 0 unspecified atom stereocenters. The van der Waals surface area contributed by atoms with Crippen molar-refractivity contribution in [2.75, 3.05) is 19.7 Å². The van der Waals surface area contributed by atoms with E-state index < -0.39 is 9.84 Å². The number of imidazole rings is 1. The summed E-state index contributed by atoms with van der Waals surface area (Å²) in [6.07, 6.45) is 5.07. The fourth-order valence-corrected chi connectivity index (χ4v) is 6.49. The first-order valence-corrected chi connectivity index (χ1v) is 13.1. The lowest BCUT2D eigenvalue weighted by molar-refractivity contribution is 0.186. The van der Waals surface area contributed by atoms with Crippen molar-refractivity contribution in [3.05, 3.63) is 48.3 Å². The average Bonchev–Trinajstić information content (AvgIpc) is 3.15. The molecule has 3 aromatic rings. The van der Waals surface area contributed by atoms with Crippen LogP contribution in [0, 0.1) is 6.92 Å². The van der Waals surface area contributed by atoms with E-state index in [0.717, 1.165) is 30.0 Å². The highest BCUT2D eigenvalue weighted by Gasteiger charge is 2.33. The Balaban J connectivity index is 1.50. The first-order chi connectivity index (χ1) is 15.8. The Morgan fingerprint density at radius 2 is 1.85 bits per heavy atom. The third-order valence-corrected chi connectivity index (χ3v) is 8.97. The highest BCUT2D eigenvalue weighted by atomic mass is 32.2. The molecule has 2 aliphatic rings. The number of hydrogen-bond donors (Lipinski definition) is 0. The van der Waals surface area contributed by atoms with Crippen molar-refractivity contribution >= 4 is 9.84 Å².